The average Bonchev–Trinajstić information content (AvgIpc) is 2.83. The van der Waals surface area contributed by atoms with Gasteiger partial charge in [0.2, 0.25) is 0 Å². The molecule has 2 aromatic rings. The van der Waals surface area contributed by atoms with Gasteiger partial charge in [0.15, 0.2) is 5.82 Å². The molecule has 0 aromatic carbocycles. The number of carbonyl (C=O) groups excluding carboxylic acids is 1. The molecule has 2 amide bonds. The van der Waals surface area contributed by atoms with Crippen molar-refractivity contribution in [1.82, 2.24) is 25.2 Å². The van der Waals surface area contributed by atoms with Gasteiger partial charge in [-0.2, -0.15) is 0 Å². The third-order valence-electron chi connectivity index (χ3n) is 4.02. The summed E-state index contributed by atoms with van der Waals surface area (Å²) in [6.07, 6.45) is 2.05. The number of imidazole rings is 1. The number of nitrogens with zero attached hydrogens (tertiary/aromatic N) is 3. The van der Waals surface area contributed by atoms with E-state index in [2.05, 4.69) is 32.1 Å². The van der Waals surface area contributed by atoms with E-state index in [0.717, 1.165) is 41.0 Å². The summed E-state index contributed by atoms with van der Waals surface area (Å²) in [5.74, 6) is 1.32. The van der Waals surface area contributed by atoms with Crippen molar-refractivity contribution >= 4 is 22.9 Å². The molecular formula is C16H26N6O. The first-order chi connectivity index (χ1) is 11.0. The number of rotatable bonds is 6. The monoisotopic (exact) mass is 318 g/mol. The molecule has 0 aliphatic carbocycles. The number of unbranched alkanes of at least 4 members (excludes halogenated alkanes) is 1. The summed E-state index contributed by atoms with van der Waals surface area (Å²) in [4.78, 5) is 20.5. The van der Waals surface area contributed by atoms with E-state index in [9.17, 15) is 4.79 Å². The van der Waals surface area contributed by atoms with Crippen LogP contribution in [0.5, 0.6) is 0 Å². The Bertz CT molecular complexity index is 706. The summed E-state index contributed by atoms with van der Waals surface area (Å²) in [6.45, 7) is 9.88. The topological polar surface area (TPSA) is 97.9 Å². The minimum atomic E-state index is -0.130. The molecule has 0 saturated heterocycles. The predicted molar refractivity (Wildman–Crippen MR) is 92.5 cm³/mol. The Morgan fingerprint density at radius 3 is 2.57 bits per heavy atom. The van der Waals surface area contributed by atoms with Crippen molar-refractivity contribution in [3.63, 3.8) is 0 Å². The first kappa shape index (κ1) is 17.1. The largest absolute Gasteiger partial charge is 0.382 e. The van der Waals surface area contributed by atoms with Gasteiger partial charge in [-0.3, -0.25) is 0 Å². The number of nitrogen functional groups attached to an aromatic ring is 1. The van der Waals surface area contributed by atoms with Crippen LogP contribution in [0.4, 0.5) is 10.6 Å². The van der Waals surface area contributed by atoms with Crippen LogP contribution < -0.4 is 16.4 Å². The minimum Gasteiger partial charge on any atom is -0.382 e. The smallest absolute Gasteiger partial charge is 0.314 e. The van der Waals surface area contributed by atoms with Crippen LogP contribution in [0.15, 0.2) is 0 Å². The standard InChI is InChI=1S/C16H26N6O/c1-5-6-7-18-16(23)19-8-9-22-12(4)21-13-14(22)10(2)11(3)20-15(13)17/h5-9H2,1-4H3,(H2,17,20)(H2,18,19,23). The van der Waals surface area contributed by atoms with Crippen molar-refractivity contribution in [2.45, 2.75) is 47.1 Å². The molecule has 0 unspecified atom stereocenters. The zero-order chi connectivity index (χ0) is 17.0. The fourth-order valence-corrected chi connectivity index (χ4v) is 2.61. The van der Waals surface area contributed by atoms with Crippen molar-refractivity contribution in [3.8, 4) is 0 Å². The molecule has 126 valence electrons. The van der Waals surface area contributed by atoms with Gasteiger partial charge in [0.1, 0.15) is 11.3 Å². The van der Waals surface area contributed by atoms with E-state index in [0.29, 0.717) is 25.5 Å². The molecule has 0 spiro atoms. The van der Waals surface area contributed by atoms with Gasteiger partial charge in [-0.25, -0.2) is 14.8 Å². The van der Waals surface area contributed by atoms with Crippen LogP contribution in [0.25, 0.3) is 11.0 Å². The SMILES string of the molecule is CCCCNC(=O)NCCn1c(C)nc2c(N)nc(C)c(C)c21. The Labute approximate surface area is 136 Å². The summed E-state index contributed by atoms with van der Waals surface area (Å²) in [5.41, 5.74) is 9.70. The van der Waals surface area contributed by atoms with Crippen LogP contribution in [0.1, 0.15) is 36.8 Å². The summed E-state index contributed by atoms with van der Waals surface area (Å²) < 4.78 is 2.09. The number of hydrogen-bond acceptors (Lipinski definition) is 4. The van der Waals surface area contributed by atoms with Crippen LogP contribution in [-0.2, 0) is 6.54 Å². The van der Waals surface area contributed by atoms with Gasteiger partial charge in [-0.05, 0) is 32.8 Å². The number of anilines is 1. The number of urea groups is 1. The first-order valence-electron chi connectivity index (χ1n) is 8.06. The number of nitrogens with two attached hydrogens (primary N) is 1. The molecule has 0 radical (unpaired) electrons. The van der Waals surface area contributed by atoms with E-state index < -0.39 is 0 Å². The Balaban J connectivity index is 2.09. The number of carbonyl (C=O) groups is 1. The molecule has 2 heterocycles. The molecular weight excluding hydrogens is 292 g/mol. The minimum absolute atomic E-state index is 0.130. The van der Waals surface area contributed by atoms with E-state index in [-0.39, 0.29) is 6.03 Å². The summed E-state index contributed by atoms with van der Waals surface area (Å²) in [7, 11) is 0. The van der Waals surface area contributed by atoms with Crippen molar-refractivity contribution in [1.29, 1.82) is 0 Å². The summed E-state index contributed by atoms with van der Waals surface area (Å²) >= 11 is 0. The van der Waals surface area contributed by atoms with Crippen LogP contribution in [-0.4, -0.2) is 33.7 Å². The van der Waals surface area contributed by atoms with Gasteiger partial charge < -0.3 is 20.9 Å². The number of aromatic nitrogens is 3. The number of amides is 2. The summed E-state index contributed by atoms with van der Waals surface area (Å²) in [6, 6.07) is -0.130. The zero-order valence-corrected chi connectivity index (χ0v) is 14.4. The third kappa shape index (κ3) is 3.72. The number of nitrogens with one attached hydrogen (secondary N) is 2. The van der Waals surface area contributed by atoms with E-state index in [4.69, 9.17) is 5.73 Å². The van der Waals surface area contributed by atoms with Crippen LogP contribution in [0.2, 0.25) is 0 Å². The second-order valence-corrected chi connectivity index (χ2v) is 5.75. The Morgan fingerprint density at radius 1 is 1.17 bits per heavy atom. The van der Waals surface area contributed by atoms with E-state index >= 15 is 0 Å². The number of aryl methyl sites for hydroxylation is 3. The molecule has 23 heavy (non-hydrogen) atoms. The Hall–Kier alpha value is -2.31. The van der Waals surface area contributed by atoms with E-state index in [1.807, 2.05) is 20.8 Å². The van der Waals surface area contributed by atoms with Crippen LogP contribution in [0.3, 0.4) is 0 Å². The molecule has 7 nitrogen and oxygen atoms in total. The summed E-state index contributed by atoms with van der Waals surface area (Å²) in [5, 5.41) is 5.72. The number of pyridine rings is 1. The van der Waals surface area contributed by atoms with Gasteiger partial charge in [-0.1, -0.05) is 13.3 Å². The average molecular weight is 318 g/mol. The van der Waals surface area contributed by atoms with Gasteiger partial charge >= 0.3 is 6.03 Å². The second-order valence-electron chi connectivity index (χ2n) is 5.75. The highest BCUT2D eigenvalue weighted by Crippen LogP contribution is 2.25. The fourth-order valence-electron chi connectivity index (χ4n) is 2.61. The molecule has 2 aromatic heterocycles. The van der Waals surface area contributed by atoms with Gasteiger partial charge in [0.05, 0.1) is 5.52 Å². The van der Waals surface area contributed by atoms with Crippen molar-refractivity contribution in [2.75, 3.05) is 18.8 Å². The maximum Gasteiger partial charge on any atom is 0.314 e. The Kier molecular flexibility index (Phi) is 5.41. The third-order valence-corrected chi connectivity index (χ3v) is 4.02. The highest BCUT2D eigenvalue weighted by Gasteiger charge is 2.15. The molecule has 0 fully saturated rings. The van der Waals surface area contributed by atoms with Crippen molar-refractivity contribution < 1.29 is 4.79 Å². The fraction of sp³-hybridized carbons (Fsp3) is 0.562. The maximum absolute atomic E-state index is 11.7. The lowest BCUT2D eigenvalue weighted by molar-refractivity contribution is 0.240. The van der Waals surface area contributed by atoms with Crippen LogP contribution >= 0.6 is 0 Å². The van der Waals surface area contributed by atoms with Gasteiger partial charge in [-0.15, -0.1) is 0 Å². The van der Waals surface area contributed by atoms with E-state index in [1.54, 1.807) is 0 Å². The van der Waals surface area contributed by atoms with E-state index in [1.165, 1.54) is 0 Å². The van der Waals surface area contributed by atoms with Crippen molar-refractivity contribution in [2.24, 2.45) is 0 Å². The van der Waals surface area contributed by atoms with Gasteiger partial charge in [0, 0.05) is 25.3 Å². The molecule has 0 aliphatic heterocycles. The number of fused-ring (bicyclic) bond motifs is 1. The van der Waals surface area contributed by atoms with Crippen molar-refractivity contribution in [3.05, 3.63) is 17.1 Å². The molecule has 7 heteroatoms. The molecule has 0 aliphatic rings. The normalized spacial score (nSPS) is 11.0. The van der Waals surface area contributed by atoms with Gasteiger partial charge in [0.25, 0.3) is 0 Å². The zero-order valence-electron chi connectivity index (χ0n) is 14.4. The highest BCUT2D eigenvalue weighted by atomic mass is 16.2. The quantitative estimate of drug-likeness (QED) is 0.710. The second kappa shape index (κ2) is 7.30. The lowest BCUT2D eigenvalue weighted by Crippen LogP contribution is -2.37. The molecule has 4 N–H and O–H groups in total. The maximum atomic E-state index is 11.7. The molecule has 0 saturated carbocycles. The highest BCUT2D eigenvalue weighted by molar-refractivity contribution is 5.88. The van der Waals surface area contributed by atoms with Crippen LogP contribution in [0, 0.1) is 20.8 Å². The predicted octanol–water partition coefficient (Wildman–Crippen LogP) is 2.04. The molecule has 0 atom stereocenters. The molecule has 2 rings (SSSR count). The lowest BCUT2D eigenvalue weighted by Gasteiger charge is -2.11. The Morgan fingerprint density at radius 2 is 1.87 bits per heavy atom. The number of hydrogen-bond donors (Lipinski definition) is 3. The molecule has 0 bridgehead atoms. The lowest BCUT2D eigenvalue weighted by atomic mass is 10.2. The first-order valence-corrected chi connectivity index (χ1v) is 8.06.